The van der Waals surface area contributed by atoms with E-state index in [0.29, 0.717) is 26.4 Å². The summed E-state index contributed by atoms with van der Waals surface area (Å²) < 4.78 is 9.87. The summed E-state index contributed by atoms with van der Waals surface area (Å²) in [6.45, 7) is 1.58. The predicted octanol–water partition coefficient (Wildman–Crippen LogP) is -0.795. The van der Waals surface area contributed by atoms with Gasteiger partial charge in [-0.1, -0.05) is 0 Å². The van der Waals surface area contributed by atoms with Crippen molar-refractivity contribution in [2.45, 2.75) is 5.85 Å². The molecule has 0 radical (unpaired) electrons. The molecule has 68 valence electrons. The van der Waals surface area contributed by atoms with Crippen LogP contribution in [0.3, 0.4) is 0 Å². The van der Waals surface area contributed by atoms with Crippen molar-refractivity contribution >= 4 is 9.24 Å². The van der Waals surface area contributed by atoms with Crippen molar-refractivity contribution in [3.8, 4) is 0 Å². The fourth-order valence-corrected chi connectivity index (χ4v) is 0.625. The van der Waals surface area contributed by atoms with E-state index in [1.54, 1.807) is 0 Å². The summed E-state index contributed by atoms with van der Waals surface area (Å²) in [5, 5.41) is 17.0. The predicted molar refractivity (Wildman–Crippen MR) is 44.4 cm³/mol. The smallest absolute Gasteiger partial charge is 0.0905 e. The maximum absolute atomic E-state index is 8.71. The van der Waals surface area contributed by atoms with Crippen LogP contribution in [0.1, 0.15) is 0 Å². The van der Waals surface area contributed by atoms with E-state index in [1.165, 1.54) is 0 Å². The third-order valence-electron chi connectivity index (χ3n) is 0.896. The number of hydrogen-bond donors (Lipinski definition) is 2. The molecule has 0 aliphatic rings. The number of ether oxygens (including phenoxy) is 2. The highest BCUT2D eigenvalue weighted by molar-refractivity contribution is 7.17. The Labute approximate surface area is 68.7 Å². The van der Waals surface area contributed by atoms with Gasteiger partial charge >= 0.3 is 0 Å². The van der Waals surface area contributed by atoms with Gasteiger partial charge in [0.1, 0.15) is 0 Å². The zero-order valence-electron chi connectivity index (χ0n) is 6.40. The first kappa shape index (κ1) is 11.3. The highest BCUT2D eigenvalue weighted by Crippen LogP contribution is 1.93. The minimum Gasteiger partial charge on any atom is -0.394 e. The van der Waals surface area contributed by atoms with Crippen molar-refractivity contribution in [2.24, 2.45) is 0 Å². The second-order valence-electron chi connectivity index (χ2n) is 1.98. The summed E-state index contributed by atoms with van der Waals surface area (Å²) in [4.78, 5) is 0. The second kappa shape index (κ2) is 8.37. The van der Waals surface area contributed by atoms with Crippen LogP contribution in [0.5, 0.6) is 0 Å². The molecule has 0 aromatic rings. The van der Waals surface area contributed by atoms with Crippen LogP contribution in [-0.4, -0.2) is 49.1 Å². The fraction of sp³-hybridized carbons (Fsp3) is 1.00. The van der Waals surface area contributed by atoms with Crippen LogP contribution in [0.25, 0.3) is 0 Å². The molecule has 0 aromatic heterocycles. The average Bonchev–Trinajstić information content (AvgIpc) is 1.96. The molecular weight excluding hydrogens is 167 g/mol. The lowest BCUT2D eigenvalue weighted by molar-refractivity contribution is 0.0165. The van der Waals surface area contributed by atoms with Crippen LogP contribution in [0.2, 0.25) is 0 Å². The van der Waals surface area contributed by atoms with Crippen LogP contribution in [-0.2, 0) is 9.47 Å². The van der Waals surface area contributed by atoms with Crippen LogP contribution < -0.4 is 0 Å². The Bertz CT molecular complexity index is 79.0. The molecule has 2 atom stereocenters. The van der Waals surface area contributed by atoms with Crippen LogP contribution >= 0.6 is 9.24 Å². The van der Waals surface area contributed by atoms with E-state index >= 15 is 0 Å². The van der Waals surface area contributed by atoms with E-state index in [0.717, 1.165) is 0 Å². The Morgan fingerprint density at radius 2 is 1.82 bits per heavy atom. The van der Waals surface area contributed by atoms with Crippen molar-refractivity contribution in [3.63, 3.8) is 0 Å². The van der Waals surface area contributed by atoms with Crippen LogP contribution in [0, 0.1) is 0 Å². The van der Waals surface area contributed by atoms with Crippen molar-refractivity contribution in [3.05, 3.63) is 0 Å². The molecule has 0 saturated heterocycles. The van der Waals surface area contributed by atoms with E-state index in [2.05, 4.69) is 9.24 Å². The Hall–Kier alpha value is 0.270. The van der Waals surface area contributed by atoms with Gasteiger partial charge in [0, 0.05) is 0 Å². The Kier molecular flexibility index (Phi) is 8.57. The lowest BCUT2D eigenvalue weighted by Gasteiger charge is -2.05. The van der Waals surface area contributed by atoms with Gasteiger partial charge in [0.15, 0.2) is 0 Å². The summed E-state index contributed by atoms with van der Waals surface area (Å²) in [5.41, 5.74) is 0. The molecule has 0 aliphatic heterocycles. The molecule has 0 spiro atoms. The molecule has 0 fully saturated rings. The van der Waals surface area contributed by atoms with Gasteiger partial charge in [0.05, 0.1) is 38.9 Å². The maximum atomic E-state index is 8.71. The molecule has 0 bridgehead atoms. The number of aliphatic hydroxyl groups excluding tert-OH is 2. The Morgan fingerprint density at radius 1 is 1.18 bits per heavy atom. The van der Waals surface area contributed by atoms with Gasteiger partial charge in [0.2, 0.25) is 0 Å². The minimum atomic E-state index is -0.507. The molecule has 0 aliphatic carbocycles. The number of rotatable bonds is 7. The first-order chi connectivity index (χ1) is 5.27. The van der Waals surface area contributed by atoms with Gasteiger partial charge in [0.25, 0.3) is 0 Å². The van der Waals surface area contributed by atoms with Gasteiger partial charge in [-0.25, -0.2) is 0 Å². The van der Waals surface area contributed by atoms with Crippen LogP contribution in [0.15, 0.2) is 0 Å². The van der Waals surface area contributed by atoms with E-state index in [9.17, 15) is 0 Å². The molecule has 11 heavy (non-hydrogen) atoms. The molecule has 4 nitrogen and oxygen atoms in total. The standard InChI is InChI=1S/C6H15O4P/c7-1-2-9-3-4-10-5-6(8)11/h6-8H,1-5,11H2. The van der Waals surface area contributed by atoms with Gasteiger partial charge in [-0.15, -0.1) is 9.24 Å². The summed E-state index contributed by atoms with van der Waals surface area (Å²) in [6, 6.07) is 0. The Balaban J connectivity index is 2.80. The highest BCUT2D eigenvalue weighted by atomic mass is 31.0. The first-order valence-corrected chi connectivity index (χ1v) is 4.14. The average molecular weight is 182 g/mol. The summed E-state index contributed by atoms with van der Waals surface area (Å²) in [7, 11) is 2.21. The van der Waals surface area contributed by atoms with Crippen molar-refractivity contribution in [1.29, 1.82) is 0 Å². The summed E-state index contributed by atoms with van der Waals surface area (Å²) >= 11 is 0. The first-order valence-electron chi connectivity index (χ1n) is 3.47. The minimum absolute atomic E-state index is 0.0340. The van der Waals surface area contributed by atoms with Crippen molar-refractivity contribution < 1.29 is 19.7 Å². The largest absolute Gasteiger partial charge is 0.394 e. The normalized spacial score (nSPS) is 13.4. The lowest BCUT2D eigenvalue weighted by Crippen LogP contribution is -2.12. The quantitative estimate of drug-likeness (QED) is 0.400. The molecule has 0 amide bonds. The Morgan fingerprint density at radius 3 is 2.36 bits per heavy atom. The molecule has 2 N–H and O–H groups in total. The fourth-order valence-electron chi connectivity index (χ4n) is 0.489. The number of hydrogen-bond acceptors (Lipinski definition) is 4. The van der Waals surface area contributed by atoms with Crippen molar-refractivity contribution in [2.75, 3.05) is 33.0 Å². The zero-order chi connectivity index (χ0) is 8.53. The molecule has 0 saturated carbocycles. The summed E-state index contributed by atoms with van der Waals surface area (Å²) in [5.74, 6) is -0.507. The second-order valence-corrected chi connectivity index (χ2v) is 2.75. The van der Waals surface area contributed by atoms with Gasteiger partial charge in [-0.3, -0.25) is 0 Å². The van der Waals surface area contributed by atoms with E-state index < -0.39 is 5.85 Å². The maximum Gasteiger partial charge on any atom is 0.0905 e. The molecule has 2 unspecified atom stereocenters. The van der Waals surface area contributed by atoms with Gasteiger partial charge in [-0.2, -0.15) is 0 Å². The van der Waals surface area contributed by atoms with E-state index in [4.69, 9.17) is 19.7 Å². The lowest BCUT2D eigenvalue weighted by atomic mass is 10.7. The molecule has 0 aromatic carbocycles. The van der Waals surface area contributed by atoms with E-state index in [-0.39, 0.29) is 6.61 Å². The molecule has 5 heteroatoms. The third-order valence-corrected chi connectivity index (χ3v) is 1.09. The number of aliphatic hydroxyl groups is 2. The van der Waals surface area contributed by atoms with Gasteiger partial charge in [-0.05, 0) is 0 Å². The monoisotopic (exact) mass is 182 g/mol. The molecule has 0 heterocycles. The van der Waals surface area contributed by atoms with E-state index in [1.807, 2.05) is 0 Å². The zero-order valence-corrected chi connectivity index (χ0v) is 7.56. The third kappa shape index (κ3) is 10.3. The van der Waals surface area contributed by atoms with Gasteiger partial charge < -0.3 is 19.7 Å². The highest BCUT2D eigenvalue weighted by Gasteiger charge is 1.94. The molecular formula is C6H15O4P. The molecule has 0 rings (SSSR count). The summed E-state index contributed by atoms with van der Waals surface area (Å²) in [6.07, 6.45) is 0. The van der Waals surface area contributed by atoms with Crippen LogP contribution in [0.4, 0.5) is 0 Å². The topological polar surface area (TPSA) is 58.9 Å². The SMILES string of the molecule is OCCOCCOCC(O)P. The van der Waals surface area contributed by atoms with Crippen molar-refractivity contribution in [1.82, 2.24) is 0 Å².